The Balaban J connectivity index is 1.31. The van der Waals surface area contributed by atoms with Gasteiger partial charge in [-0.05, 0) is 112 Å². The van der Waals surface area contributed by atoms with Gasteiger partial charge in [0.25, 0.3) is 5.91 Å². The zero-order chi connectivity index (χ0) is 23.9. The van der Waals surface area contributed by atoms with Crippen molar-refractivity contribution in [3.63, 3.8) is 0 Å². The van der Waals surface area contributed by atoms with E-state index in [-0.39, 0.29) is 18.1 Å². The predicted molar refractivity (Wildman–Crippen MR) is 138 cm³/mol. The topological polar surface area (TPSA) is 48.0 Å². The van der Waals surface area contributed by atoms with Crippen LogP contribution in [0.5, 0.6) is 17.2 Å². The molecule has 5 heteroatoms. The molecule has 2 bridgehead atoms. The Morgan fingerprint density at radius 2 is 1.83 bits per heavy atom. The molecule has 3 atom stereocenters. The molecule has 0 aromatic heterocycles. The van der Waals surface area contributed by atoms with Crippen molar-refractivity contribution in [1.29, 1.82) is 0 Å². The lowest BCUT2D eigenvalue weighted by molar-refractivity contribution is -0.112. The SMILES string of the molecule is CCN1C(=O)/C(=C/c2ccc(OC)c(O[C@H]3C[C@@H]4CCC3C4)c2)c2cc(OC3CCCC3)ccc21. The summed E-state index contributed by atoms with van der Waals surface area (Å²) in [7, 11) is 1.68. The molecule has 2 aromatic carbocycles. The third kappa shape index (κ3) is 4.19. The van der Waals surface area contributed by atoms with Gasteiger partial charge in [-0.25, -0.2) is 0 Å². The Bertz CT molecular complexity index is 1150. The molecule has 3 saturated carbocycles. The van der Waals surface area contributed by atoms with Crippen LogP contribution in [0.1, 0.15) is 69.4 Å². The highest BCUT2D eigenvalue weighted by Crippen LogP contribution is 2.47. The molecule has 0 radical (unpaired) electrons. The van der Waals surface area contributed by atoms with Crippen LogP contribution in [-0.2, 0) is 4.79 Å². The second-order valence-corrected chi connectivity index (χ2v) is 10.6. The van der Waals surface area contributed by atoms with Gasteiger partial charge in [0, 0.05) is 17.7 Å². The van der Waals surface area contributed by atoms with Crippen LogP contribution in [0, 0.1) is 11.8 Å². The smallest absolute Gasteiger partial charge is 0.258 e. The minimum absolute atomic E-state index is 0.0342. The van der Waals surface area contributed by atoms with Crippen molar-refractivity contribution in [3.8, 4) is 17.2 Å². The van der Waals surface area contributed by atoms with Gasteiger partial charge in [-0.15, -0.1) is 0 Å². The van der Waals surface area contributed by atoms with Crippen LogP contribution in [0.25, 0.3) is 11.6 Å². The fourth-order valence-corrected chi connectivity index (χ4v) is 6.60. The highest BCUT2D eigenvalue weighted by molar-refractivity contribution is 6.35. The van der Waals surface area contributed by atoms with Crippen LogP contribution >= 0.6 is 0 Å². The number of ether oxygens (including phenoxy) is 3. The zero-order valence-corrected chi connectivity index (χ0v) is 20.8. The van der Waals surface area contributed by atoms with Crippen LogP contribution in [-0.4, -0.2) is 31.8 Å². The van der Waals surface area contributed by atoms with Gasteiger partial charge in [0.15, 0.2) is 11.5 Å². The van der Waals surface area contributed by atoms with Crippen molar-refractivity contribution in [3.05, 3.63) is 47.5 Å². The number of anilines is 1. The molecule has 35 heavy (non-hydrogen) atoms. The standard InChI is InChI=1S/C30H35NO4/c1-3-31-26-12-11-23(34-22-6-4-5-7-22)18-24(26)25(30(31)32)15-20-9-13-27(33-2)29(17-20)35-28-16-19-8-10-21(28)14-19/h9,11-13,15,17-19,21-22,28H,3-8,10,14,16H2,1-2H3/b25-15+/t19-,21?,28+/m1/s1. The molecule has 5 nitrogen and oxygen atoms in total. The molecule has 1 amide bonds. The maximum atomic E-state index is 13.4. The van der Waals surface area contributed by atoms with Gasteiger partial charge in [0.2, 0.25) is 0 Å². The second-order valence-electron chi connectivity index (χ2n) is 10.6. The van der Waals surface area contributed by atoms with Crippen LogP contribution in [0.15, 0.2) is 36.4 Å². The van der Waals surface area contributed by atoms with Crippen LogP contribution in [0.3, 0.4) is 0 Å². The van der Waals surface area contributed by atoms with Gasteiger partial charge < -0.3 is 19.1 Å². The normalized spacial score (nSPS) is 26.6. The van der Waals surface area contributed by atoms with E-state index in [1.165, 1.54) is 32.1 Å². The molecule has 0 saturated heterocycles. The van der Waals surface area contributed by atoms with E-state index in [9.17, 15) is 4.79 Å². The Morgan fingerprint density at radius 3 is 2.54 bits per heavy atom. The highest BCUT2D eigenvalue weighted by atomic mass is 16.5. The fourth-order valence-electron chi connectivity index (χ4n) is 6.60. The molecule has 6 rings (SSSR count). The van der Waals surface area contributed by atoms with Crippen molar-refractivity contribution in [1.82, 2.24) is 0 Å². The molecule has 1 unspecified atom stereocenters. The van der Waals surface area contributed by atoms with Gasteiger partial charge in [-0.1, -0.05) is 6.07 Å². The second kappa shape index (κ2) is 9.25. The van der Waals surface area contributed by atoms with Gasteiger partial charge in [-0.2, -0.15) is 0 Å². The van der Waals surface area contributed by atoms with Gasteiger partial charge in [0.05, 0.1) is 18.9 Å². The minimum Gasteiger partial charge on any atom is -0.493 e. The quantitative estimate of drug-likeness (QED) is 0.431. The maximum absolute atomic E-state index is 13.4. The highest BCUT2D eigenvalue weighted by Gasteiger charge is 2.41. The number of hydrogen-bond acceptors (Lipinski definition) is 4. The molecular formula is C30H35NO4. The first-order valence-electron chi connectivity index (χ1n) is 13.3. The van der Waals surface area contributed by atoms with Crippen molar-refractivity contribution in [2.24, 2.45) is 11.8 Å². The van der Waals surface area contributed by atoms with E-state index in [2.05, 4.69) is 0 Å². The van der Waals surface area contributed by atoms with Crippen molar-refractivity contribution >= 4 is 23.2 Å². The molecular weight excluding hydrogens is 438 g/mol. The van der Waals surface area contributed by atoms with Gasteiger partial charge >= 0.3 is 0 Å². The first-order valence-corrected chi connectivity index (χ1v) is 13.3. The molecule has 0 N–H and O–H groups in total. The largest absolute Gasteiger partial charge is 0.493 e. The number of rotatable bonds is 7. The molecule has 184 valence electrons. The van der Waals surface area contributed by atoms with E-state index in [4.69, 9.17) is 14.2 Å². The maximum Gasteiger partial charge on any atom is 0.258 e. The van der Waals surface area contributed by atoms with E-state index in [1.54, 1.807) is 7.11 Å². The summed E-state index contributed by atoms with van der Waals surface area (Å²) in [5.74, 6) is 3.88. The molecule has 1 heterocycles. The van der Waals surface area contributed by atoms with E-state index in [0.717, 1.165) is 59.2 Å². The number of methoxy groups -OCH3 is 1. The van der Waals surface area contributed by atoms with E-state index < -0.39 is 0 Å². The Labute approximate surface area is 208 Å². The summed E-state index contributed by atoms with van der Waals surface area (Å²) in [4.78, 5) is 15.2. The first-order chi connectivity index (χ1) is 17.1. The number of likely N-dealkylation sites (N-methyl/N-ethyl adjacent to an activating group) is 1. The first kappa shape index (κ1) is 22.5. The summed E-state index contributed by atoms with van der Waals surface area (Å²) in [5.41, 5.74) is 3.54. The van der Waals surface area contributed by atoms with Gasteiger partial charge in [0.1, 0.15) is 11.9 Å². The number of benzene rings is 2. The van der Waals surface area contributed by atoms with Crippen molar-refractivity contribution in [2.75, 3.05) is 18.6 Å². The Morgan fingerprint density at radius 1 is 0.971 bits per heavy atom. The summed E-state index contributed by atoms with van der Waals surface area (Å²) in [6.45, 7) is 2.65. The van der Waals surface area contributed by atoms with Crippen molar-refractivity contribution in [2.45, 2.75) is 70.5 Å². The predicted octanol–water partition coefficient (Wildman–Crippen LogP) is 6.49. The number of amides is 1. The van der Waals surface area contributed by atoms with E-state index in [1.807, 2.05) is 54.3 Å². The van der Waals surface area contributed by atoms with E-state index in [0.29, 0.717) is 18.0 Å². The van der Waals surface area contributed by atoms with E-state index >= 15 is 0 Å². The number of fused-ring (bicyclic) bond motifs is 3. The Kier molecular flexibility index (Phi) is 5.95. The van der Waals surface area contributed by atoms with Gasteiger partial charge in [-0.3, -0.25) is 4.79 Å². The third-order valence-electron chi connectivity index (χ3n) is 8.40. The molecule has 3 fully saturated rings. The molecule has 1 aliphatic heterocycles. The minimum atomic E-state index is 0.0342. The van der Waals surface area contributed by atoms with Crippen molar-refractivity contribution < 1.29 is 19.0 Å². The molecule has 4 aliphatic rings. The fraction of sp³-hybridized carbons (Fsp3) is 0.500. The lowest BCUT2D eigenvalue weighted by Gasteiger charge is -2.24. The summed E-state index contributed by atoms with van der Waals surface area (Å²) >= 11 is 0. The zero-order valence-electron chi connectivity index (χ0n) is 20.8. The summed E-state index contributed by atoms with van der Waals surface area (Å²) in [6, 6.07) is 12.1. The lowest BCUT2D eigenvalue weighted by atomic mass is 9.97. The number of nitrogens with zero attached hydrogens (tertiary/aromatic N) is 1. The summed E-state index contributed by atoms with van der Waals surface area (Å²) in [5, 5.41) is 0. The number of carbonyl (C=O) groups excluding carboxylic acids is 1. The van der Waals surface area contributed by atoms with Crippen LogP contribution in [0.4, 0.5) is 5.69 Å². The molecule has 0 spiro atoms. The monoisotopic (exact) mass is 473 g/mol. The third-order valence-corrected chi connectivity index (χ3v) is 8.40. The molecule has 3 aliphatic carbocycles. The average Bonchev–Trinajstić information content (AvgIpc) is 3.66. The molecule has 2 aromatic rings. The Hall–Kier alpha value is -2.95. The van der Waals surface area contributed by atoms with Crippen LogP contribution < -0.4 is 19.1 Å². The van der Waals surface area contributed by atoms with Crippen LogP contribution in [0.2, 0.25) is 0 Å². The average molecular weight is 474 g/mol. The number of hydrogen-bond donors (Lipinski definition) is 0. The summed E-state index contributed by atoms with van der Waals surface area (Å²) in [6.07, 6.45) is 12.3. The lowest BCUT2D eigenvalue weighted by Crippen LogP contribution is -2.25. The summed E-state index contributed by atoms with van der Waals surface area (Å²) < 4.78 is 18.4. The number of carbonyl (C=O) groups is 1.